The van der Waals surface area contributed by atoms with E-state index in [1.807, 2.05) is 11.1 Å². The van der Waals surface area contributed by atoms with Gasteiger partial charge in [0.2, 0.25) is 5.91 Å². The summed E-state index contributed by atoms with van der Waals surface area (Å²) >= 11 is 0. The van der Waals surface area contributed by atoms with Crippen LogP contribution in [0.15, 0.2) is 12.5 Å². The minimum atomic E-state index is 0.316. The van der Waals surface area contributed by atoms with Crippen molar-refractivity contribution < 1.29 is 4.79 Å². The van der Waals surface area contributed by atoms with E-state index in [2.05, 4.69) is 19.8 Å². The Kier molecular flexibility index (Phi) is 4.87. The standard InChI is InChI=1S/C15H25N5O/c21-15(20-4-2-1-3-5-20)12-19-8-6-18(7-9-19)11-14-10-16-13-17-14/h10,13H,1-9,11-12H2,(H,16,17). The van der Waals surface area contributed by atoms with Gasteiger partial charge in [0.15, 0.2) is 0 Å². The lowest BCUT2D eigenvalue weighted by Crippen LogP contribution is -2.50. The molecule has 2 aliphatic heterocycles. The monoisotopic (exact) mass is 291 g/mol. The SMILES string of the molecule is O=C(CN1CCN(Cc2cnc[nH]2)CC1)N1CCCCC1. The Morgan fingerprint density at radius 3 is 2.43 bits per heavy atom. The number of nitrogens with one attached hydrogen (secondary N) is 1. The van der Waals surface area contributed by atoms with Gasteiger partial charge in [-0.1, -0.05) is 0 Å². The summed E-state index contributed by atoms with van der Waals surface area (Å²) in [5.41, 5.74) is 1.16. The molecule has 21 heavy (non-hydrogen) atoms. The van der Waals surface area contributed by atoms with Crippen LogP contribution in [-0.4, -0.2) is 76.4 Å². The van der Waals surface area contributed by atoms with Crippen molar-refractivity contribution in [3.05, 3.63) is 18.2 Å². The fourth-order valence-corrected chi connectivity index (χ4v) is 3.15. The van der Waals surface area contributed by atoms with E-state index < -0.39 is 0 Å². The number of carbonyl (C=O) groups is 1. The van der Waals surface area contributed by atoms with Crippen molar-refractivity contribution in [3.8, 4) is 0 Å². The molecule has 0 aliphatic carbocycles. The van der Waals surface area contributed by atoms with E-state index >= 15 is 0 Å². The van der Waals surface area contributed by atoms with E-state index in [1.54, 1.807) is 6.33 Å². The fraction of sp³-hybridized carbons (Fsp3) is 0.733. The van der Waals surface area contributed by atoms with Gasteiger partial charge in [0.1, 0.15) is 0 Å². The molecule has 0 aromatic carbocycles. The second kappa shape index (κ2) is 7.04. The summed E-state index contributed by atoms with van der Waals surface area (Å²) in [5, 5.41) is 0. The molecule has 6 nitrogen and oxygen atoms in total. The molecule has 0 atom stereocenters. The zero-order valence-electron chi connectivity index (χ0n) is 12.6. The zero-order chi connectivity index (χ0) is 14.5. The smallest absolute Gasteiger partial charge is 0.236 e. The van der Waals surface area contributed by atoms with Gasteiger partial charge in [-0.2, -0.15) is 0 Å². The normalized spacial score (nSPS) is 21.6. The second-order valence-electron chi connectivity index (χ2n) is 6.07. The predicted molar refractivity (Wildman–Crippen MR) is 80.7 cm³/mol. The van der Waals surface area contributed by atoms with E-state index in [0.29, 0.717) is 12.5 Å². The van der Waals surface area contributed by atoms with Crippen LogP contribution < -0.4 is 0 Å². The molecule has 2 saturated heterocycles. The first kappa shape index (κ1) is 14.5. The van der Waals surface area contributed by atoms with Crippen LogP contribution in [0.1, 0.15) is 25.0 Å². The summed E-state index contributed by atoms with van der Waals surface area (Å²) in [7, 11) is 0. The molecule has 3 rings (SSSR count). The number of imidazole rings is 1. The van der Waals surface area contributed by atoms with Crippen molar-refractivity contribution in [2.75, 3.05) is 45.8 Å². The summed E-state index contributed by atoms with van der Waals surface area (Å²) in [4.78, 5) is 26.2. The number of piperidine rings is 1. The molecule has 0 saturated carbocycles. The molecule has 3 heterocycles. The Hall–Kier alpha value is -1.40. The highest BCUT2D eigenvalue weighted by molar-refractivity contribution is 5.78. The number of likely N-dealkylation sites (tertiary alicyclic amines) is 1. The lowest BCUT2D eigenvalue weighted by Gasteiger charge is -2.35. The summed E-state index contributed by atoms with van der Waals surface area (Å²) in [6, 6.07) is 0. The van der Waals surface area contributed by atoms with Gasteiger partial charge in [0.05, 0.1) is 12.9 Å². The number of aromatic amines is 1. The third-order valence-corrected chi connectivity index (χ3v) is 4.48. The van der Waals surface area contributed by atoms with E-state index in [1.165, 1.54) is 19.3 Å². The van der Waals surface area contributed by atoms with Crippen molar-refractivity contribution in [2.24, 2.45) is 0 Å². The average molecular weight is 291 g/mol. The molecule has 1 aromatic heterocycles. The van der Waals surface area contributed by atoms with Gasteiger partial charge in [-0.05, 0) is 19.3 Å². The Morgan fingerprint density at radius 2 is 1.76 bits per heavy atom. The number of carbonyl (C=O) groups excluding carboxylic acids is 1. The molecule has 0 unspecified atom stereocenters. The van der Waals surface area contributed by atoms with Crippen molar-refractivity contribution in [1.29, 1.82) is 0 Å². The lowest BCUT2D eigenvalue weighted by molar-refractivity contribution is -0.133. The molecule has 6 heteroatoms. The zero-order valence-corrected chi connectivity index (χ0v) is 12.6. The van der Waals surface area contributed by atoms with Crippen molar-refractivity contribution in [3.63, 3.8) is 0 Å². The molecule has 2 fully saturated rings. The van der Waals surface area contributed by atoms with Crippen LogP contribution in [0.25, 0.3) is 0 Å². The van der Waals surface area contributed by atoms with Crippen molar-refractivity contribution in [1.82, 2.24) is 24.7 Å². The number of amides is 1. The van der Waals surface area contributed by atoms with E-state index in [0.717, 1.165) is 51.5 Å². The van der Waals surface area contributed by atoms with Crippen LogP contribution in [0.4, 0.5) is 0 Å². The first-order valence-electron chi connectivity index (χ1n) is 8.01. The van der Waals surface area contributed by atoms with Crippen molar-refractivity contribution >= 4 is 5.91 Å². The van der Waals surface area contributed by atoms with E-state index in [-0.39, 0.29) is 0 Å². The van der Waals surface area contributed by atoms with Crippen LogP contribution in [0.2, 0.25) is 0 Å². The predicted octanol–water partition coefficient (Wildman–Crippen LogP) is 0.540. The first-order chi connectivity index (χ1) is 10.3. The Labute approximate surface area is 126 Å². The van der Waals surface area contributed by atoms with Gasteiger partial charge in [-0.25, -0.2) is 4.98 Å². The number of H-pyrrole nitrogens is 1. The van der Waals surface area contributed by atoms with E-state index in [4.69, 9.17) is 0 Å². The van der Waals surface area contributed by atoms with Gasteiger partial charge in [0, 0.05) is 57.7 Å². The minimum absolute atomic E-state index is 0.316. The van der Waals surface area contributed by atoms with Gasteiger partial charge in [0.25, 0.3) is 0 Å². The van der Waals surface area contributed by atoms with Gasteiger partial charge in [-0.15, -0.1) is 0 Å². The summed E-state index contributed by atoms with van der Waals surface area (Å²) in [5.74, 6) is 0.316. The van der Waals surface area contributed by atoms with Crippen molar-refractivity contribution in [2.45, 2.75) is 25.8 Å². The molecule has 0 bridgehead atoms. The number of hydrogen-bond donors (Lipinski definition) is 1. The quantitative estimate of drug-likeness (QED) is 0.880. The molecule has 1 amide bonds. The maximum Gasteiger partial charge on any atom is 0.236 e. The van der Waals surface area contributed by atoms with Crippen LogP contribution in [-0.2, 0) is 11.3 Å². The Bertz CT molecular complexity index is 433. The summed E-state index contributed by atoms with van der Waals surface area (Å²) in [6.45, 7) is 7.43. The molecule has 1 N–H and O–H groups in total. The van der Waals surface area contributed by atoms with Crippen LogP contribution >= 0.6 is 0 Å². The largest absolute Gasteiger partial charge is 0.347 e. The number of rotatable bonds is 4. The van der Waals surface area contributed by atoms with Gasteiger partial charge >= 0.3 is 0 Å². The highest BCUT2D eigenvalue weighted by atomic mass is 16.2. The van der Waals surface area contributed by atoms with Gasteiger partial charge in [-0.3, -0.25) is 14.6 Å². The van der Waals surface area contributed by atoms with Crippen LogP contribution in [0.3, 0.4) is 0 Å². The Balaban J connectivity index is 1.40. The highest BCUT2D eigenvalue weighted by Gasteiger charge is 2.22. The summed E-state index contributed by atoms with van der Waals surface area (Å²) < 4.78 is 0. The Morgan fingerprint density at radius 1 is 1.05 bits per heavy atom. The van der Waals surface area contributed by atoms with Gasteiger partial charge < -0.3 is 9.88 Å². The molecule has 2 aliphatic rings. The number of hydrogen-bond acceptors (Lipinski definition) is 4. The fourth-order valence-electron chi connectivity index (χ4n) is 3.15. The topological polar surface area (TPSA) is 55.5 Å². The highest BCUT2D eigenvalue weighted by Crippen LogP contribution is 2.11. The first-order valence-corrected chi connectivity index (χ1v) is 8.01. The second-order valence-corrected chi connectivity index (χ2v) is 6.07. The third-order valence-electron chi connectivity index (χ3n) is 4.48. The molecule has 1 aromatic rings. The molecule has 0 radical (unpaired) electrons. The molecular weight excluding hydrogens is 266 g/mol. The number of piperazine rings is 1. The number of aromatic nitrogens is 2. The lowest BCUT2D eigenvalue weighted by atomic mass is 10.1. The van der Waals surface area contributed by atoms with Crippen LogP contribution in [0, 0.1) is 0 Å². The average Bonchev–Trinajstić information content (AvgIpc) is 3.03. The molecular formula is C15H25N5O. The van der Waals surface area contributed by atoms with E-state index in [9.17, 15) is 4.79 Å². The maximum absolute atomic E-state index is 12.3. The molecule has 0 spiro atoms. The number of nitrogens with zero attached hydrogens (tertiary/aromatic N) is 4. The molecule has 116 valence electrons. The van der Waals surface area contributed by atoms with Crippen LogP contribution in [0.5, 0.6) is 0 Å². The maximum atomic E-state index is 12.3. The minimum Gasteiger partial charge on any atom is -0.347 e. The summed E-state index contributed by atoms with van der Waals surface area (Å²) in [6.07, 6.45) is 7.22. The third kappa shape index (κ3) is 4.04.